The van der Waals surface area contributed by atoms with Crippen molar-refractivity contribution in [3.05, 3.63) is 33.7 Å². The molecule has 2 bridgehead atoms. The molecular weight excluding hydrogens is 358 g/mol. The van der Waals surface area contributed by atoms with Gasteiger partial charge in [0.05, 0.1) is 12.0 Å². The third-order valence-electron chi connectivity index (χ3n) is 6.47. The summed E-state index contributed by atoms with van der Waals surface area (Å²) in [4.78, 5) is 27.6. The lowest BCUT2D eigenvalue weighted by Crippen LogP contribution is -2.39. The molecule has 2 heterocycles. The van der Waals surface area contributed by atoms with E-state index in [1.807, 2.05) is 4.90 Å². The van der Waals surface area contributed by atoms with Crippen LogP contribution in [0.1, 0.15) is 51.2 Å². The van der Waals surface area contributed by atoms with Crippen molar-refractivity contribution < 1.29 is 19.4 Å². The SMILES string of the molecule is Cc1c(CC(=O)N2CC3(C)CC2CC(C)(C)C3)c(=O)oc2c(O)c(O)ccc12. The monoisotopic (exact) mass is 385 g/mol. The van der Waals surface area contributed by atoms with Crippen molar-refractivity contribution in [1.29, 1.82) is 0 Å². The van der Waals surface area contributed by atoms with Gasteiger partial charge in [-0.05, 0) is 54.7 Å². The van der Waals surface area contributed by atoms with Gasteiger partial charge in [0, 0.05) is 18.0 Å². The number of aromatic hydroxyl groups is 2. The van der Waals surface area contributed by atoms with Crippen LogP contribution >= 0.6 is 0 Å². The fourth-order valence-electron chi connectivity index (χ4n) is 5.64. The molecule has 1 aliphatic heterocycles. The van der Waals surface area contributed by atoms with Gasteiger partial charge in [0.15, 0.2) is 11.3 Å². The van der Waals surface area contributed by atoms with Crippen LogP contribution in [0.15, 0.2) is 21.3 Å². The van der Waals surface area contributed by atoms with E-state index in [9.17, 15) is 19.8 Å². The number of hydrogen-bond donors (Lipinski definition) is 2. The second-order valence-corrected chi connectivity index (χ2v) is 9.72. The summed E-state index contributed by atoms with van der Waals surface area (Å²) in [7, 11) is 0. The summed E-state index contributed by atoms with van der Waals surface area (Å²) in [6.07, 6.45) is 3.08. The Balaban J connectivity index is 1.67. The number of phenolic OH excluding ortho intramolecular Hbond substituents is 2. The predicted molar refractivity (Wildman–Crippen MR) is 105 cm³/mol. The highest BCUT2D eigenvalue weighted by Gasteiger charge is 2.50. The Kier molecular flexibility index (Phi) is 4.04. The van der Waals surface area contributed by atoms with Crippen molar-refractivity contribution in [2.75, 3.05) is 6.54 Å². The van der Waals surface area contributed by atoms with E-state index in [4.69, 9.17) is 4.42 Å². The largest absolute Gasteiger partial charge is 0.504 e. The van der Waals surface area contributed by atoms with E-state index in [1.54, 1.807) is 13.0 Å². The Labute approximate surface area is 163 Å². The van der Waals surface area contributed by atoms with E-state index < -0.39 is 11.4 Å². The lowest BCUT2D eigenvalue weighted by Gasteiger charge is -2.39. The van der Waals surface area contributed by atoms with Gasteiger partial charge in [0.25, 0.3) is 0 Å². The molecule has 1 saturated carbocycles. The van der Waals surface area contributed by atoms with E-state index >= 15 is 0 Å². The first-order valence-corrected chi connectivity index (χ1v) is 9.76. The topological polar surface area (TPSA) is 91.0 Å². The Hall–Kier alpha value is -2.50. The van der Waals surface area contributed by atoms with Crippen molar-refractivity contribution in [2.45, 2.75) is 59.4 Å². The summed E-state index contributed by atoms with van der Waals surface area (Å²) in [5, 5.41) is 20.1. The normalized spacial score (nSPS) is 26.0. The van der Waals surface area contributed by atoms with Gasteiger partial charge < -0.3 is 19.5 Å². The average Bonchev–Trinajstić information content (AvgIpc) is 2.84. The number of nitrogens with zero attached hydrogens (tertiary/aromatic N) is 1. The zero-order valence-electron chi connectivity index (χ0n) is 16.8. The number of amides is 1. The number of carbonyl (C=O) groups excluding carboxylic acids is 1. The van der Waals surface area contributed by atoms with Crippen molar-refractivity contribution in [2.24, 2.45) is 10.8 Å². The van der Waals surface area contributed by atoms with Crippen LogP contribution in [0, 0.1) is 17.8 Å². The first kappa shape index (κ1) is 18.8. The summed E-state index contributed by atoms with van der Waals surface area (Å²) < 4.78 is 5.25. The van der Waals surface area contributed by atoms with E-state index in [1.165, 1.54) is 6.07 Å². The lowest BCUT2D eigenvalue weighted by molar-refractivity contribution is -0.131. The fraction of sp³-hybridized carbons (Fsp3) is 0.545. The van der Waals surface area contributed by atoms with Crippen LogP contribution in [0.5, 0.6) is 11.5 Å². The lowest BCUT2D eigenvalue weighted by atomic mass is 9.65. The number of carbonyl (C=O) groups is 1. The minimum Gasteiger partial charge on any atom is -0.504 e. The Bertz CT molecular complexity index is 1040. The molecule has 1 amide bonds. The third kappa shape index (κ3) is 2.95. The number of benzene rings is 1. The number of hydrogen-bond acceptors (Lipinski definition) is 5. The Morgan fingerprint density at radius 3 is 2.68 bits per heavy atom. The summed E-state index contributed by atoms with van der Waals surface area (Å²) in [5.41, 5.74) is 0.563. The molecule has 1 aliphatic carbocycles. The summed E-state index contributed by atoms with van der Waals surface area (Å²) in [6, 6.07) is 3.15. The molecule has 28 heavy (non-hydrogen) atoms. The molecule has 4 rings (SSSR count). The highest BCUT2D eigenvalue weighted by atomic mass is 16.4. The molecule has 2 atom stereocenters. The van der Waals surface area contributed by atoms with E-state index in [0.717, 1.165) is 25.8 Å². The molecule has 6 heteroatoms. The average molecular weight is 385 g/mol. The summed E-state index contributed by atoms with van der Waals surface area (Å²) in [5.74, 6) is -0.859. The highest BCUT2D eigenvalue weighted by Crippen LogP contribution is 2.52. The van der Waals surface area contributed by atoms with E-state index in [-0.39, 0.29) is 40.5 Å². The van der Waals surface area contributed by atoms with Crippen molar-refractivity contribution in [3.8, 4) is 11.5 Å². The van der Waals surface area contributed by atoms with Crippen LogP contribution < -0.4 is 5.63 Å². The number of aryl methyl sites for hydroxylation is 1. The standard InChI is InChI=1S/C22H27NO5/c1-12-14-5-6-16(24)18(26)19(14)28-20(27)15(12)7-17(25)23-11-22(4)9-13(23)8-21(2,3)10-22/h5-6,13,24,26H,7-11H2,1-4H3. The Morgan fingerprint density at radius 2 is 1.96 bits per heavy atom. The number of likely N-dealkylation sites (tertiary alicyclic amines) is 1. The van der Waals surface area contributed by atoms with Crippen LogP contribution in [-0.2, 0) is 11.2 Å². The highest BCUT2D eigenvalue weighted by molar-refractivity contribution is 5.89. The first-order chi connectivity index (χ1) is 13.0. The number of phenols is 2. The third-order valence-corrected chi connectivity index (χ3v) is 6.47. The molecule has 2 aromatic rings. The van der Waals surface area contributed by atoms with Gasteiger partial charge in [0.2, 0.25) is 11.7 Å². The second-order valence-electron chi connectivity index (χ2n) is 9.72. The molecule has 150 valence electrons. The van der Waals surface area contributed by atoms with Gasteiger partial charge >= 0.3 is 5.63 Å². The summed E-state index contributed by atoms with van der Waals surface area (Å²) >= 11 is 0. The minimum absolute atomic E-state index is 0.0151. The van der Waals surface area contributed by atoms with Gasteiger partial charge in [0.1, 0.15) is 0 Å². The Morgan fingerprint density at radius 1 is 1.25 bits per heavy atom. The molecule has 2 aliphatic rings. The zero-order chi connectivity index (χ0) is 20.4. The molecule has 0 radical (unpaired) electrons. The predicted octanol–water partition coefficient (Wildman–Crippen LogP) is 3.48. The maximum Gasteiger partial charge on any atom is 0.340 e. The maximum atomic E-state index is 13.1. The van der Waals surface area contributed by atoms with Crippen molar-refractivity contribution in [3.63, 3.8) is 0 Å². The van der Waals surface area contributed by atoms with Gasteiger partial charge in [-0.3, -0.25) is 4.79 Å². The van der Waals surface area contributed by atoms with E-state index in [0.29, 0.717) is 16.5 Å². The molecular formula is C22H27NO5. The quantitative estimate of drug-likeness (QED) is 0.610. The number of rotatable bonds is 2. The van der Waals surface area contributed by atoms with Gasteiger partial charge in [-0.2, -0.15) is 0 Å². The zero-order valence-corrected chi connectivity index (χ0v) is 16.8. The molecule has 6 nitrogen and oxygen atoms in total. The molecule has 1 saturated heterocycles. The van der Waals surface area contributed by atoms with Gasteiger partial charge in [-0.25, -0.2) is 4.79 Å². The maximum absolute atomic E-state index is 13.1. The van der Waals surface area contributed by atoms with Crippen LogP contribution in [0.2, 0.25) is 0 Å². The molecule has 1 aromatic carbocycles. The number of fused-ring (bicyclic) bond motifs is 3. The van der Waals surface area contributed by atoms with Crippen LogP contribution in [0.3, 0.4) is 0 Å². The molecule has 1 aromatic heterocycles. The smallest absolute Gasteiger partial charge is 0.340 e. The van der Waals surface area contributed by atoms with Crippen LogP contribution in [0.25, 0.3) is 11.0 Å². The van der Waals surface area contributed by atoms with Crippen molar-refractivity contribution >= 4 is 16.9 Å². The van der Waals surface area contributed by atoms with Gasteiger partial charge in [-0.15, -0.1) is 0 Å². The molecule has 2 fully saturated rings. The first-order valence-electron chi connectivity index (χ1n) is 9.76. The van der Waals surface area contributed by atoms with Crippen molar-refractivity contribution in [1.82, 2.24) is 4.90 Å². The fourth-order valence-corrected chi connectivity index (χ4v) is 5.64. The van der Waals surface area contributed by atoms with Crippen LogP contribution in [-0.4, -0.2) is 33.6 Å². The molecule has 2 unspecified atom stereocenters. The molecule has 0 spiro atoms. The summed E-state index contributed by atoms with van der Waals surface area (Å²) in [6.45, 7) is 9.24. The van der Waals surface area contributed by atoms with E-state index in [2.05, 4.69) is 20.8 Å². The molecule has 2 N–H and O–H groups in total. The second kappa shape index (κ2) is 6.00. The van der Waals surface area contributed by atoms with Crippen LogP contribution in [0.4, 0.5) is 0 Å². The minimum atomic E-state index is -0.645. The van der Waals surface area contributed by atoms with Gasteiger partial charge in [-0.1, -0.05) is 20.8 Å².